The molecule has 4 nitrogen and oxygen atoms in total. The summed E-state index contributed by atoms with van der Waals surface area (Å²) >= 11 is 0. The lowest BCUT2D eigenvalue weighted by molar-refractivity contribution is 0.288. The summed E-state index contributed by atoms with van der Waals surface area (Å²) in [6.07, 6.45) is 8.75. The van der Waals surface area contributed by atoms with Crippen molar-refractivity contribution in [3.05, 3.63) is 29.1 Å². The predicted molar refractivity (Wildman–Crippen MR) is 73.4 cm³/mol. The number of allylic oxidation sites excluding steroid dienone is 1. The van der Waals surface area contributed by atoms with Crippen LogP contribution in [0, 0.1) is 11.3 Å². The zero-order valence-electron chi connectivity index (χ0n) is 11.3. The zero-order chi connectivity index (χ0) is 13.1. The molecule has 2 heterocycles. The van der Waals surface area contributed by atoms with Gasteiger partial charge in [0.25, 0.3) is 0 Å². The minimum absolute atomic E-state index is 0.550. The van der Waals surface area contributed by atoms with Crippen molar-refractivity contribution in [2.24, 2.45) is 0 Å². The first-order chi connectivity index (χ1) is 9.35. The molecule has 19 heavy (non-hydrogen) atoms. The Bertz CT molecular complexity index is 521. The van der Waals surface area contributed by atoms with Gasteiger partial charge in [0.2, 0.25) is 0 Å². The molecule has 0 unspecified atom stereocenters. The van der Waals surface area contributed by atoms with Crippen molar-refractivity contribution in [3.63, 3.8) is 0 Å². The fourth-order valence-corrected chi connectivity index (χ4v) is 3.05. The normalized spacial score (nSPS) is 20.3. The van der Waals surface area contributed by atoms with Crippen LogP contribution >= 0.6 is 0 Å². The molecule has 4 heteroatoms. The van der Waals surface area contributed by atoms with Crippen molar-refractivity contribution in [2.45, 2.75) is 45.2 Å². The second-order valence-electron chi connectivity index (χ2n) is 5.53. The van der Waals surface area contributed by atoms with Gasteiger partial charge in [-0.15, -0.1) is 0 Å². The molecule has 0 N–H and O–H groups in total. The number of nitriles is 1. The van der Waals surface area contributed by atoms with Crippen molar-refractivity contribution in [1.82, 2.24) is 14.7 Å². The maximum atomic E-state index is 8.94. The van der Waals surface area contributed by atoms with Gasteiger partial charge < -0.3 is 0 Å². The number of fused-ring (bicyclic) bond motifs is 1. The SMILES string of the molecule is N#Cc1cc2n(n1)CCCN(CC1=CCCCC1)C2. The van der Waals surface area contributed by atoms with Gasteiger partial charge in [-0.25, -0.2) is 0 Å². The number of hydrogen-bond acceptors (Lipinski definition) is 3. The monoisotopic (exact) mass is 256 g/mol. The summed E-state index contributed by atoms with van der Waals surface area (Å²) in [5.41, 5.74) is 3.33. The summed E-state index contributed by atoms with van der Waals surface area (Å²) in [6, 6.07) is 4.08. The van der Waals surface area contributed by atoms with Crippen LogP contribution in [0.25, 0.3) is 0 Å². The zero-order valence-corrected chi connectivity index (χ0v) is 11.3. The Morgan fingerprint density at radius 1 is 1.26 bits per heavy atom. The molecule has 2 aliphatic rings. The minimum Gasteiger partial charge on any atom is -0.294 e. The number of hydrogen-bond donors (Lipinski definition) is 0. The van der Waals surface area contributed by atoms with Crippen LogP contribution in [0.4, 0.5) is 0 Å². The second kappa shape index (κ2) is 5.58. The molecular formula is C15H20N4. The van der Waals surface area contributed by atoms with E-state index in [1.807, 2.05) is 10.7 Å². The molecule has 1 aliphatic heterocycles. The average Bonchev–Trinajstić information content (AvgIpc) is 2.73. The Morgan fingerprint density at radius 3 is 3.00 bits per heavy atom. The topological polar surface area (TPSA) is 44.9 Å². The Hall–Kier alpha value is -1.60. The highest BCUT2D eigenvalue weighted by atomic mass is 15.3. The molecule has 0 saturated carbocycles. The van der Waals surface area contributed by atoms with Gasteiger partial charge in [0.1, 0.15) is 6.07 Å². The Morgan fingerprint density at radius 2 is 2.21 bits per heavy atom. The van der Waals surface area contributed by atoms with Gasteiger partial charge in [0.15, 0.2) is 5.69 Å². The average molecular weight is 256 g/mol. The third-order valence-electron chi connectivity index (χ3n) is 4.02. The van der Waals surface area contributed by atoms with E-state index < -0.39 is 0 Å². The molecule has 0 radical (unpaired) electrons. The van der Waals surface area contributed by atoms with Crippen molar-refractivity contribution in [1.29, 1.82) is 5.26 Å². The van der Waals surface area contributed by atoms with Crippen LogP contribution in [-0.2, 0) is 13.1 Å². The van der Waals surface area contributed by atoms with Gasteiger partial charge in [-0.1, -0.05) is 11.6 Å². The summed E-state index contributed by atoms with van der Waals surface area (Å²) in [7, 11) is 0. The molecule has 0 atom stereocenters. The smallest absolute Gasteiger partial charge is 0.162 e. The number of aromatic nitrogens is 2. The Labute approximate surface area is 114 Å². The summed E-state index contributed by atoms with van der Waals surface area (Å²) in [5.74, 6) is 0. The van der Waals surface area contributed by atoms with E-state index in [1.54, 1.807) is 5.57 Å². The summed E-state index contributed by atoms with van der Waals surface area (Å²) in [4.78, 5) is 2.50. The quantitative estimate of drug-likeness (QED) is 0.763. The van der Waals surface area contributed by atoms with Gasteiger partial charge in [-0.05, 0) is 38.2 Å². The minimum atomic E-state index is 0.550. The molecule has 0 fully saturated rings. The van der Waals surface area contributed by atoms with Crippen LogP contribution in [0.2, 0.25) is 0 Å². The van der Waals surface area contributed by atoms with Crippen LogP contribution < -0.4 is 0 Å². The molecule has 0 amide bonds. The van der Waals surface area contributed by atoms with E-state index >= 15 is 0 Å². The highest BCUT2D eigenvalue weighted by Crippen LogP contribution is 2.20. The lowest BCUT2D eigenvalue weighted by Crippen LogP contribution is -2.26. The molecule has 0 aromatic carbocycles. The highest BCUT2D eigenvalue weighted by Gasteiger charge is 2.17. The van der Waals surface area contributed by atoms with Gasteiger partial charge in [0, 0.05) is 26.2 Å². The first-order valence-corrected chi connectivity index (χ1v) is 7.22. The molecule has 3 rings (SSSR count). The molecule has 1 aliphatic carbocycles. The van der Waals surface area contributed by atoms with E-state index in [0.29, 0.717) is 5.69 Å². The van der Waals surface area contributed by atoms with E-state index in [-0.39, 0.29) is 0 Å². The fourth-order valence-electron chi connectivity index (χ4n) is 3.05. The van der Waals surface area contributed by atoms with Crippen LogP contribution in [-0.4, -0.2) is 27.8 Å². The number of nitrogens with zero attached hydrogens (tertiary/aromatic N) is 4. The number of aryl methyl sites for hydroxylation is 1. The van der Waals surface area contributed by atoms with Crippen LogP contribution in [0.3, 0.4) is 0 Å². The van der Waals surface area contributed by atoms with E-state index in [2.05, 4.69) is 22.1 Å². The lowest BCUT2D eigenvalue weighted by atomic mass is 9.99. The molecule has 0 bridgehead atoms. The predicted octanol–water partition coefficient (Wildman–Crippen LogP) is 2.46. The van der Waals surface area contributed by atoms with E-state index in [1.165, 1.54) is 31.4 Å². The van der Waals surface area contributed by atoms with Crippen molar-refractivity contribution < 1.29 is 0 Å². The maximum absolute atomic E-state index is 8.94. The Balaban J connectivity index is 1.70. The van der Waals surface area contributed by atoms with E-state index in [4.69, 9.17) is 5.26 Å². The van der Waals surface area contributed by atoms with E-state index in [9.17, 15) is 0 Å². The third kappa shape index (κ3) is 2.87. The standard InChI is InChI=1S/C15H20N4/c16-10-14-9-15-12-18(7-4-8-19(15)17-14)11-13-5-2-1-3-6-13/h5,9H,1-4,6-8,11-12H2. The van der Waals surface area contributed by atoms with Crippen LogP contribution in [0.1, 0.15) is 43.5 Å². The molecule has 0 saturated heterocycles. The van der Waals surface area contributed by atoms with Crippen molar-refractivity contribution in [2.75, 3.05) is 13.1 Å². The Kier molecular flexibility index (Phi) is 3.65. The largest absolute Gasteiger partial charge is 0.294 e. The van der Waals surface area contributed by atoms with Crippen LogP contribution in [0.5, 0.6) is 0 Å². The summed E-state index contributed by atoms with van der Waals surface area (Å²) in [5, 5.41) is 13.3. The van der Waals surface area contributed by atoms with Crippen LogP contribution in [0.15, 0.2) is 17.7 Å². The molecule has 1 aromatic heterocycles. The van der Waals surface area contributed by atoms with Gasteiger partial charge >= 0.3 is 0 Å². The lowest BCUT2D eigenvalue weighted by Gasteiger charge is -2.23. The maximum Gasteiger partial charge on any atom is 0.162 e. The van der Waals surface area contributed by atoms with E-state index in [0.717, 1.165) is 32.6 Å². The summed E-state index contributed by atoms with van der Waals surface area (Å²) < 4.78 is 2.01. The fraction of sp³-hybridized carbons (Fsp3) is 0.600. The molecule has 100 valence electrons. The van der Waals surface area contributed by atoms with Crippen molar-refractivity contribution in [3.8, 4) is 6.07 Å². The van der Waals surface area contributed by atoms with Crippen molar-refractivity contribution >= 4 is 0 Å². The van der Waals surface area contributed by atoms with Gasteiger partial charge in [-0.3, -0.25) is 9.58 Å². The number of rotatable bonds is 2. The van der Waals surface area contributed by atoms with Gasteiger partial charge in [-0.2, -0.15) is 10.4 Å². The molecular weight excluding hydrogens is 236 g/mol. The summed E-state index contributed by atoms with van der Waals surface area (Å²) in [6.45, 7) is 4.08. The van der Waals surface area contributed by atoms with Gasteiger partial charge in [0.05, 0.1) is 5.69 Å². The molecule has 1 aromatic rings. The molecule has 0 spiro atoms. The highest BCUT2D eigenvalue weighted by molar-refractivity contribution is 5.23. The third-order valence-corrected chi connectivity index (χ3v) is 4.02. The second-order valence-corrected chi connectivity index (χ2v) is 5.53. The first kappa shape index (κ1) is 12.4. The first-order valence-electron chi connectivity index (χ1n) is 7.22.